The number of benzene rings is 1. The lowest BCUT2D eigenvalue weighted by Gasteiger charge is -2.06. The van der Waals surface area contributed by atoms with Crippen molar-refractivity contribution in [1.29, 1.82) is 0 Å². The molecule has 0 unspecified atom stereocenters. The molecule has 0 spiro atoms. The highest BCUT2D eigenvalue weighted by atomic mass is 79.9. The lowest BCUT2D eigenvalue weighted by atomic mass is 10.3. The van der Waals surface area contributed by atoms with E-state index in [1.165, 1.54) is 0 Å². The molecule has 0 fully saturated rings. The van der Waals surface area contributed by atoms with E-state index in [0.717, 1.165) is 15.8 Å². The monoisotopic (exact) mass is 370 g/mol. The Morgan fingerprint density at radius 1 is 1.25 bits per heavy atom. The second kappa shape index (κ2) is 5.64. The molecule has 1 aromatic carbocycles. The molecule has 20 heavy (non-hydrogen) atoms. The van der Waals surface area contributed by atoms with Crippen LogP contribution in [0.3, 0.4) is 0 Å². The highest BCUT2D eigenvalue weighted by Gasteiger charge is 2.14. The summed E-state index contributed by atoms with van der Waals surface area (Å²) in [4.78, 5) is 4.43. The topological polar surface area (TPSA) is 26.5 Å². The van der Waals surface area contributed by atoms with Crippen LogP contribution in [-0.4, -0.2) is 9.38 Å². The first-order valence-corrected chi connectivity index (χ1v) is 7.54. The summed E-state index contributed by atoms with van der Waals surface area (Å²) in [6.45, 7) is 0. The molecule has 0 saturated carbocycles. The minimum Gasteiger partial charge on any atom is -0.436 e. The Morgan fingerprint density at radius 3 is 2.85 bits per heavy atom. The van der Waals surface area contributed by atoms with E-state index in [1.54, 1.807) is 12.1 Å². The van der Waals surface area contributed by atoms with Gasteiger partial charge >= 0.3 is 0 Å². The third-order valence-electron chi connectivity index (χ3n) is 2.82. The third kappa shape index (κ3) is 2.51. The van der Waals surface area contributed by atoms with Crippen LogP contribution in [0.4, 0.5) is 0 Å². The van der Waals surface area contributed by atoms with E-state index in [9.17, 15) is 0 Å². The minimum atomic E-state index is 0.300. The van der Waals surface area contributed by atoms with Gasteiger partial charge in [-0.05, 0) is 30.3 Å². The summed E-state index contributed by atoms with van der Waals surface area (Å²) < 4.78 is 8.59. The van der Waals surface area contributed by atoms with Gasteiger partial charge in [-0.1, -0.05) is 33.6 Å². The smallest absolute Gasteiger partial charge is 0.242 e. The maximum atomic E-state index is 6.15. The fraction of sp³-hybridized carbons (Fsp3) is 0.0714. The molecule has 2 aromatic heterocycles. The van der Waals surface area contributed by atoms with Crippen molar-refractivity contribution in [3.05, 3.63) is 57.8 Å². The fourth-order valence-electron chi connectivity index (χ4n) is 1.89. The van der Waals surface area contributed by atoms with Crippen molar-refractivity contribution in [2.75, 3.05) is 0 Å². The maximum absolute atomic E-state index is 6.15. The second-order valence-electron chi connectivity index (χ2n) is 4.10. The molecule has 0 N–H and O–H groups in total. The average molecular weight is 372 g/mol. The van der Waals surface area contributed by atoms with E-state index in [-0.39, 0.29) is 0 Å². The standard InChI is InChI=1S/C14H9BrCl2N2O/c15-9-4-5-12(10(17)7-9)20-14-11(8-16)19-6-2-1-3-13(19)18-14/h1-7H,8H2. The summed E-state index contributed by atoms with van der Waals surface area (Å²) >= 11 is 15.5. The Balaban J connectivity index is 2.06. The summed E-state index contributed by atoms with van der Waals surface area (Å²) in [5.74, 6) is 1.31. The molecular weight excluding hydrogens is 363 g/mol. The number of imidazole rings is 1. The number of alkyl halides is 1. The number of pyridine rings is 1. The van der Waals surface area contributed by atoms with Crippen LogP contribution in [0.25, 0.3) is 5.65 Å². The van der Waals surface area contributed by atoms with Gasteiger partial charge in [-0.15, -0.1) is 11.6 Å². The average Bonchev–Trinajstić information content (AvgIpc) is 2.79. The van der Waals surface area contributed by atoms with Crippen LogP contribution in [0.15, 0.2) is 47.1 Å². The fourth-order valence-corrected chi connectivity index (χ4v) is 2.85. The first-order valence-electron chi connectivity index (χ1n) is 5.84. The van der Waals surface area contributed by atoms with E-state index in [1.807, 2.05) is 34.9 Å². The number of rotatable bonds is 3. The highest BCUT2D eigenvalue weighted by Crippen LogP contribution is 2.33. The van der Waals surface area contributed by atoms with Crippen molar-refractivity contribution < 1.29 is 4.74 Å². The van der Waals surface area contributed by atoms with Crippen molar-refractivity contribution in [2.45, 2.75) is 5.88 Å². The van der Waals surface area contributed by atoms with E-state index in [0.29, 0.717) is 22.5 Å². The molecule has 0 radical (unpaired) electrons. The number of ether oxygens (including phenoxy) is 1. The largest absolute Gasteiger partial charge is 0.436 e. The Morgan fingerprint density at radius 2 is 2.10 bits per heavy atom. The van der Waals surface area contributed by atoms with Crippen LogP contribution in [0, 0.1) is 0 Å². The van der Waals surface area contributed by atoms with Gasteiger partial charge in [0.1, 0.15) is 17.1 Å². The van der Waals surface area contributed by atoms with E-state index in [2.05, 4.69) is 20.9 Å². The number of fused-ring (bicyclic) bond motifs is 1. The van der Waals surface area contributed by atoms with E-state index >= 15 is 0 Å². The van der Waals surface area contributed by atoms with Gasteiger partial charge in [-0.3, -0.25) is 4.40 Å². The lowest BCUT2D eigenvalue weighted by Crippen LogP contribution is -1.92. The van der Waals surface area contributed by atoms with Gasteiger partial charge in [0.05, 0.1) is 10.9 Å². The van der Waals surface area contributed by atoms with Crippen LogP contribution in [0.2, 0.25) is 5.02 Å². The Labute approximate surface area is 134 Å². The van der Waals surface area contributed by atoms with Gasteiger partial charge in [0, 0.05) is 10.7 Å². The van der Waals surface area contributed by atoms with Gasteiger partial charge in [-0.25, -0.2) is 0 Å². The van der Waals surface area contributed by atoms with Crippen molar-refractivity contribution >= 4 is 44.8 Å². The molecule has 0 bridgehead atoms. The Bertz CT molecular complexity index is 773. The molecular formula is C14H9BrCl2N2O. The number of hydrogen-bond donors (Lipinski definition) is 0. The second-order valence-corrected chi connectivity index (χ2v) is 5.69. The van der Waals surface area contributed by atoms with Crippen LogP contribution in [0.1, 0.15) is 5.69 Å². The normalized spacial score (nSPS) is 10.9. The van der Waals surface area contributed by atoms with Gasteiger partial charge in [0.2, 0.25) is 5.88 Å². The van der Waals surface area contributed by atoms with Crippen LogP contribution in [0.5, 0.6) is 11.6 Å². The zero-order valence-corrected chi connectivity index (χ0v) is 13.3. The number of halogens is 3. The number of aromatic nitrogens is 2. The third-order valence-corrected chi connectivity index (χ3v) is 3.86. The summed E-state index contributed by atoms with van der Waals surface area (Å²) in [5.41, 5.74) is 1.58. The van der Waals surface area contributed by atoms with E-state index < -0.39 is 0 Å². The van der Waals surface area contributed by atoms with Gasteiger partial charge < -0.3 is 4.74 Å². The number of nitrogens with zero attached hydrogens (tertiary/aromatic N) is 2. The molecule has 0 amide bonds. The summed E-state index contributed by atoms with van der Waals surface area (Å²) in [7, 11) is 0. The molecule has 6 heteroatoms. The SMILES string of the molecule is ClCc1c(Oc2ccc(Br)cc2Cl)nc2ccccn12. The predicted octanol–water partition coefficient (Wildman–Crippen LogP) is 5.28. The minimum absolute atomic E-state index is 0.300. The predicted molar refractivity (Wildman–Crippen MR) is 84.0 cm³/mol. The first kappa shape index (κ1) is 13.7. The molecule has 0 aliphatic rings. The first-order chi connectivity index (χ1) is 9.69. The van der Waals surface area contributed by atoms with Gasteiger partial charge in [0.15, 0.2) is 0 Å². The molecule has 3 nitrogen and oxygen atoms in total. The zero-order chi connectivity index (χ0) is 14.1. The molecule has 3 aromatic rings. The van der Waals surface area contributed by atoms with Crippen LogP contribution in [-0.2, 0) is 5.88 Å². The zero-order valence-electron chi connectivity index (χ0n) is 10.2. The van der Waals surface area contributed by atoms with Crippen molar-refractivity contribution in [1.82, 2.24) is 9.38 Å². The van der Waals surface area contributed by atoms with Gasteiger partial charge in [0.25, 0.3) is 0 Å². The maximum Gasteiger partial charge on any atom is 0.242 e. The number of hydrogen-bond acceptors (Lipinski definition) is 2. The summed E-state index contributed by atoms with van der Waals surface area (Å²) in [6.07, 6.45) is 1.90. The van der Waals surface area contributed by atoms with Gasteiger partial charge in [-0.2, -0.15) is 4.98 Å². The van der Waals surface area contributed by atoms with Crippen LogP contribution >= 0.6 is 39.1 Å². The quantitative estimate of drug-likeness (QED) is 0.585. The highest BCUT2D eigenvalue weighted by molar-refractivity contribution is 9.10. The van der Waals surface area contributed by atoms with E-state index in [4.69, 9.17) is 27.9 Å². The van der Waals surface area contributed by atoms with Crippen LogP contribution < -0.4 is 4.74 Å². The molecule has 3 rings (SSSR count). The molecule has 0 aliphatic heterocycles. The lowest BCUT2D eigenvalue weighted by molar-refractivity contribution is 0.461. The molecule has 0 aliphatic carbocycles. The van der Waals surface area contributed by atoms with Crippen molar-refractivity contribution in [3.63, 3.8) is 0 Å². The summed E-state index contributed by atoms with van der Waals surface area (Å²) in [5, 5.41) is 0.511. The summed E-state index contributed by atoms with van der Waals surface area (Å²) in [6, 6.07) is 11.1. The Hall–Kier alpha value is -1.23. The van der Waals surface area contributed by atoms with Crippen molar-refractivity contribution in [3.8, 4) is 11.6 Å². The molecule has 0 saturated heterocycles. The van der Waals surface area contributed by atoms with Crippen molar-refractivity contribution in [2.24, 2.45) is 0 Å². The molecule has 2 heterocycles. The Kier molecular flexibility index (Phi) is 3.87. The molecule has 0 atom stereocenters. The molecule has 102 valence electrons.